The van der Waals surface area contributed by atoms with E-state index in [4.69, 9.17) is 0 Å². The molecular weight excluding hydrogens is 246 g/mol. The summed E-state index contributed by atoms with van der Waals surface area (Å²) in [6.45, 7) is 0.958. The van der Waals surface area contributed by atoms with Crippen molar-refractivity contribution in [2.24, 2.45) is 0 Å². The Kier molecular flexibility index (Phi) is 3.81. The van der Waals surface area contributed by atoms with Gasteiger partial charge in [0.1, 0.15) is 0 Å². The molecule has 104 valence electrons. The maximum absolute atomic E-state index is 4.08. The van der Waals surface area contributed by atoms with Gasteiger partial charge in [0, 0.05) is 31.0 Å². The first-order valence-electron chi connectivity index (χ1n) is 7.14. The molecule has 0 fully saturated rings. The lowest BCUT2D eigenvalue weighted by atomic mass is 10.1. The van der Waals surface area contributed by atoms with Crippen LogP contribution >= 0.6 is 0 Å². The van der Waals surface area contributed by atoms with Crippen molar-refractivity contribution >= 4 is 0 Å². The minimum atomic E-state index is 0.415. The van der Waals surface area contributed by atoms with Crippen molar-refractivity contribution in [2.45, 2.75) is 25.0 Å². The smallest absolute Gasteiger partial charge is 0.0481 e. The van der Waals surface area contributed by atoms with Gasteiger partial charge in [0.25, 0.3) is 0 Å². The molecule has 0 radical (unpaired) electrons. The number of rotatable bonds is 4. The Morgan fingerprint density at radius 1 is 1.20 bits per heavy atom. The lowest BCUT2D eigenvalue weighted by Gasteiger charge is -2.30. The van der Waals surface area contributed by atoms with Crippen LogP contribution in [0, 0.1) is 0 Å². The molecule has 1 aliphatic carbocycles. The molecule has 1 heterocycles. The molecule has 0 bridgehead atoms. The SMILES string of the molecule is CNC1c2ccccc2CC1N(C)Cc1ccncc1. The van der Waals surface area contributed by atoms with Gasteiger partial charge in [-0.05, 0) is 49.3 Å². The third kappa shape index (κ3) is 2.47. The van der Waals surface area contributed by atoms with Gasteiger partial charge in [-0.2, -0.15) is 0 Å². The molecule has 0 aliphatic heterocycles. The van der Waals surface area contributed by atoms with Crippen LogP contribution in [0.3, 0.4) is 0 Å². The highest BCUT2D eigenvalue weighted by Crippen LogP contribution is 2.34. The first kappa shape index (κ1) is 13.3. The Hall–Kier alpha value is -1.71. The van der Waals surface area contributed by atoms with E-state index in [1.165, 1.54) is 16.7 Å². The number of likely N-dealkylation sites (N-methyl/N-ethyl adjacent to an activating group) is 2. The molecule has 2 atom stereocenters. The Balaban J connectivity index is 1.78. The van der Waals surface area contributed by atoms with Gasteiger partial charge in [0.2, 0.25) is 0 Å². The number of hydrogen-bond donors (Lipinski definition) is 1. The van der Waals surface area contributed by atoms with Crippen LogP contribution in [-0.2, 0) is 13.0 Å². The molecule has 1 aromatic heterocycles. The summed E-state index contributed by atoms with van der Waals surface area (Å²) in [6, 6.07) is 13.9. The van der Waals surface area contributed by atoms with E-state index in [2.05, 4.69) is 65.7 Å². The Morgan fingerprint density at radius 2 is 1.95 bits per heavy atom. The van der Waals surface area contributed by atoms with E-state index in [1.807, 2.05) is 12.4 Å². The van der Waals surface area contributed by atoms with E-state index < -0.39 is 0 Å². The van der Waals surface area contributed by atoms with Gasteiger partial charge in [-0.3, -0.25) is 9.88 Å². The Labute approximate surface area is 120 Å². The van der Waals surface area contributed by atoms with Crippen LogP contribution in [0.1, 0.15) is 22.7 Å². The van der Waals surface area contributed by atoms with E-state index in [0.717, 1.165) is 13.0 Å². The largest absolute Gasteiger partial charge is 0.312 e. The summed E-state index contributed by atoms with van der Waals surface area (Å²) in [6.07, 6.45) is 4.84. The van der Waals surface area contributed by atoms with Gasteiger partial charge < -0.3 is 5.32 Å². The second-order valence-electron chi connectivity index (χ2n) is 5.51. The number of benzene rings is 1. The molecule has 0 saturated carbocycles. The van der Waals surface area contributed by atoms with Gasteiger partial charge >= 0.3 is 0 Å². The fourth-order valence-electron chi connectivity index (χ4n) is 3.23. The standard InChI is InChI=1S/C17H21N3/c1-18-17-15-6-4-3-5-14(15)11-16(17)20(2)12-13-7-9-19-10-8-13/h3-10,16-18H,11-12H2,1-2H3. The van der Waals surface area contributed by atoms with Crippen LogP contribution in [-0.4, -0.2) is 30.0 Å². The van der Waals surface area contributed by atoms with Crippen molar-refractivity contribution in [2.75, 3.05) is 14.1 Å². The van der Waals surface area contributed by atoms with Crippen molar-refractivity contribution in [1.29, 1.82) is 0 Å². The highest BCUT2D eigenvalue weighted by molar-refractivity contribution is 5.37. The first-order valence-corrected chi connectivity index (χ1v) is 7.14. The summed E-state index contributed by atoms with van der Waals surface area (Å²) in [7, 11) is 4.27. The maximum atomic E-state index is 4.08. The number of hydrogen-bond acceptors (Lipinski definition) is 3. The summed E-state index contributed by atoms with van der Waals surface area (Å²) in [5, 5.41) is 3.48. The molecule has 3 heteroatoms. The molecule has 2 aromatic rings. The molecule has 2 unspecified atom stereocenters. The van der Waals surface area contributed by atoms with Crippen LogP contribution in [0.2, 0.25) is 0 Å². The monoisotopic (exact) mass is 267 g/mol. The summed E-state index contributed by atoms with van der Waals surface area (Å²) in [5.74, 6) is 0. The molecule has 3 nitrogen and oxygen atoms in total. The average Bonchev–Trinajstić information content (AvgIpc) is 2.87. The zero-order valence-electron chi connectivity index (χ0n) is 12.1. The first-order chi connectivity index (χ1) is 9.79. The lowest BCUT2D eigenvalue weighted by molar-refractivity contribution is 0.201. The summed E-state index contributed by atoms with van der Waals surface area (Å²) in [5.41, 5.74) is 4.23. The fourth-order valence-corrected chi connectivity index (χ4v) is 3.23. The number of fused-ring (bicyclic) bond motifs is 1. The van der Waals surface area contributed by atoms with Crippen LogP contribution in [0.15, 0.2) is 48.8 Å². The minimum Gasteiger partial charge on any atom is -0.312 e. The second-order valence-corrected chi connectivity index (χ2v) is 5.51. The van der Waals surface area contributed by atoms with Crippen LogP contribution < -0.4 is 5.32 Å². The van der Waals surface area contributed by atoms with E-state index in [9.17, 15) is 0 Å². The number of pyridine rings is 1. The summed E-state index contributed by atoms with van der Waals surface area (Å²) < 4.78 is 0. The molecule has 0 amide bonds. The molecule has 0 saturated heterocycles. The topological polar surface area (TPSA) is 28.2 Å². The molecule has 1 aliphatic rings. The van der Waals surface area contributed by atoms with Gasteiger partial charge in [0.15, 0.2) is 0 Å². The number of aromatic nitrogens is 1. The van der Waals surface area contributed by atoms with Crippen molar-refractivity contribution in [3.63, 3.8) is 0 Å². The molecule has 20 heavy (non-hydrogen) atoms. The zero-order valence-corrected chi connectivity index (χ0v) is 12.1. The highest BCUT2D eigenvalue weighted by atomic mass is 15.2. The van der Waals surface area contributed by atoms with Gasteiger partial charge in [0.05, 0.1) is 0 Å². The zero-order chi connectivity index (χ0) is 13.9. The Morgan fingerprint density at radius 3 is 2.70 bits per heavy atom. The quantitative estimate of drug-likeness (QED) is 0.922. The number of nitrogens with one attached hydrogen (secondary N) is 1. The summed E-state index contributed by atoms with van der Waals surface area (Å²) in [4.78, 5) is 6.52. The van der Waals surface area contributed by atoms with Crippen molar-refractivity contribution in [3.05, 3.63) is 65.5 Å². The maximum Gasteiger partial charge on any atom is 0.0481 e. The predicted octanol–water partition coefficient (Wildman–Crippen LogP) is 2.40. The summed E-state index contributed by atoms with van der Waals surface area (Å²) >= 11 is 0. The minimum absolute atomic E-state index is 0.415. The van der Waals surface area contributed by atoms with Gasteiger partial charge in [-0.15, -0.1) is 0 Å². The van der Waals surface area contributed by atoms with Gasteiger partial charge in [-0.1, -0.05) is 24.3 Å². The normalized spacial score (nSPS) is 21.1. The third-order valence-electron chi connectivity index (χ3n) is 4.26. The van der Waals surface area contributed by atoms with E-state index in [-0.39, 0.29) is 0 Å². The molecular formula is C17H21N3. The van der Waals surface area contributed by atoms with Gasteiger partial charge in [-0.25, -0.2) is 0 Å². The Bertz CT molecular complexity index is 567. The van der Waals surface area contributed by atoms with E-state index in [0.29, 0.717) is 12.1 Å². The van der Waals surface area contributed by atoms with Crippen LogP contribution in [0.25, 0.3) is 0 Å². The van der Waals surface area contributed by atoms with Crippen LogP contribution in [0.5, 0.6) is 0 Å². The predicted molar refractivity (Wildman–Crippen MR) is 81.4 cm³/mol. The van der Waals surface area contributed by atoms with Crippen molar-refractivity contribution < 1.29 is 0 Å². The third-order valence-corrected chi connectivity index (χ3v) is 4.26. The fraction of sp³-hybridized carbons (Fsp3) is 0.353. The molecule has 0 spiro atoms. The van der Waals surface area contributed by atoms with E-state index >= 15 is 0 Å². The average molecular weight is 267 g/mol. The molecule has 3 rings (SSSR count). The molecule has 1 aromatic carbocycles. The van der Waals surface area contributed by atoms with E-state index in [1.54, 1.807) is 0 Å². The molecule has 1 N–H and O–H groups in total. The second kappa shape index (κ2) is 5.73. The highest BCUT2D eigenvalue weighted by Gasteiger charge is 2.33. The van der Waals surface area contributed by atoms with Crippen molar-refractivity contribution in [1.82, 2.24) is 15.2 Å². The van der Waals surface area contributed by atoms with Crippen molar-refractivity contribution in [3.8, 4) is 0 Å². The lowest BCUT2D eigenvalue weighted by Crippen LogP contribution is -2.39. The van der Waals surface area contributed by atoms with Crippen LogP contribution in [0.4, 0.5) is 0 Å². The number of nitrogens with zero attached hydrogens (tertiary/aromatic N) is 2.